The van der Waals surface area contributed by atoms with Crippen molar-refractivity contribution in [2.45, 2.75) is 57.9 Å². The number of nitrogens with one attached hydrogen (secondary N) is 1. The summed E-state index contributed by atoms with van der Waals surface area (Å²) < 4.78 is 0. The molecule has 17 heavy (non-hydrogen) atoms. The molecule has 0 spiro atoms. The number of piperidine rings is 1. The highest BCUT2D eigenvalue weighted by molar-refractivity contribution is 4.76. The molecule has 0 bridgehead atoms. The minimum atomic E-state index is 0.780. The molecule has 0 aromatic rings. The van der Waals surface area contributed by atoms with Gasteiger partial charge >= 0.3 is 0 Å². The summed E-state index contributed by atoms with van der Waals surface area (Å²) in [6.07, 6.45) is 11.1. The number of unbranched alkanes of at least 4 members (excludes halogenated alkanes) is 3. The normalized spacial score (nSPS) is 18.4. The number of nitrogens with zero attached hydrogens (tertiary/aromatic N) is 1. The third kappa shape index (κ3) is 6.85. The number of hydrogen-bond donors (Lipinski definition) is 1. The average Bonchev–Trinajstić information content (AvgIpc) is 2.36. The van der Waals surface area contributed by atoms with Crippen LogP contribution in [0.15, 0.2) is 12.7 Å². The number of rotatable bonds is 9. The quantitative estimate of drug-likeness (QED) is 0.490. The van der Waals surface area contributed by atoms with Crippen molar-refractivity contribution in [1.82, 2.24) is 10.2 Å². The van der Waals surface area contributed by atoms with Gasteiger partial charge in [-0.1, -0.05) is 19.4 Å². The Morgan fingerprint density at radius 2 is 2.00 bits per heavy atom. The Kier molecular flexibility index (Phi) is 8.37. The maximum atomic E-state index is 3.75. The zero-order valence-corrected chi connectivity index (χ0v) is 11.6. The molecular weight excluding hydrogens is 208 g/mol. The Balaban J connectivity index is 1.93. The summed E-state index contributed by atoms with van der Waals surface area (Å²) >= 11 is 0. The smallest absolute Gasteiger partial charge is 0.00914 e. The molecule has 0 aromatic carbocycles. The Hall–Kier alpha value is -0.340. The fourth-order valence-electron chi connectivity index (χ4n) is 2.57. The van der Waals surface area contributed by atoms with E-state index in [0.717, 1.165) is 6.04 Å². The summed E-state index contributed by atoms with van der Waals surface area (Å²) in [6, 6.07) is 0.780. The van der Waals surface area contributed by atoms with Crippen LogP contribution in [0.4, 0.5) is 0 Å². The third-order valence-corrected chi connectivity index (χ3v) is 3.65. The van der Waals surface area contributed by atoms with E-state index in [1.165, 1.54) is 71.1 Å². The molecule has 1 heterocycles. The van der Waals surface area contributed by atoms with Crippen molar-refractivity contribution < 1.29 is 0 Å². The molecule has 0 radical (unpaired) electrons. The minimum Gasteiger partial charge on any atom is -0.314 e. The van der Waals surface area contributed by atoms with Gasteiger partial charge in [-0.2, -0.15) is 0 Å². The predicted octanol–water partition coefficient (Wildman–Crippen LogP) is 3.20. The van der Waals surface area contributed by atoms with Crippen molar-refractivity contribution >= 4 is 0 Å². The lowest BCUT2D eigenvalue weighted by Crippen LogP contribution is -2.42. The zero-order chi connectivity index (χ0) is 12.3. The van der Waals surface area contributed by atoms with Gasteiger partial charge in [-0.3, -0.25) is 0 Å². The molecule has 1 rings (SSSR count). The monoisotopic (exact) mass is 238 g/mol. The molecule has 2 nitrogen and oxygen atoms in total. The second kappa shape index (κ2) is 9.67. The van der Waals surface area contributed by atoms with Gasteiger partial charge in [0.1, 0.15) is 0 Å². The number of hydrogen-bond acceptors (Lipinski definition) is 2. The van der Waals surface area contributed by atoms with E-state index in [9.17, 15) is 0 Å². The highest BCUT2D eigenvalue weighted by Crippen LogP contribution is 2.10. The lowest BCUT2D eigenvalue weighted by molar-refractivity contribution is 0.198. The second-order valence-corrected chi connectivity index (χ2v) is 5.21. The first-order valence-corrected chi connectivity index (χ1v) is 7.43. The second-order valence-electron chi connectivity index (χ2n) is 5.21. The lowest BCUT2D eigenvalue weighted by Gasteiger charge is -2.32. The number of likely N-dealkylation sites (tertiary alicyclic amines) is 1. The lowest BCUT2D eigenvalue weighted by atomic mass is 10.0. The first kappa shape index (κ1) is 14.7. The minimum absolute atomic E-state index is 0.780. The van der Waals surface area contributed by atoms with Gasteiger partial charge in [0.15, 0.2) is 0 Å². The molecular formula is C15H30N2. The molecule has 2 heteroatoms. The maximum absolute atomic E-state index is 3.75. The first-order valence-electron chi connectivity index (χ1n) is 7.43. The largest absolute Gasteiger partial charge is 0.314 e. The number of allylic oxidation sites excluding steroid dienone is 1. The van der Waals surface area contributed by atoms with Crippen molar-refractivity contribution in [3.8, 4) is 0 Å². The van der Waals surface area contributed by atoms with Gasteiger partial charge in [0.2, 0.25) is 0 Å². The Morgan fingerprint density at radius 3 is 2.65 bits per heavy atom. The summed E-state index contributed by atoms with van der Waals surface area (Å²) in [7, 11) is 0. The molecule has 0 unspecified atom stereocenters. The van der Waals surface area contributed by atoms with Crippen LogP contribution in [0.1, 0.15) is 51.9 Å². The van der Waals surface area contributed by atoms with E-state index in [0.29, 0.717) is 0 Å². The molecule has 0 aliphatic carbocycles. The van der Waals surface area contributed by atoms with E-state index >= 15 is 0 Å². The van der Waals surface area contributed by atoms with Crippen LogP contribution in [-0.4, -0.2) is 37.1 Å². The average molecular weight is 238 g/mol. The van der Waals surface area contributed by atoms with Crippen LogP contribution < -0.4 is 5.32 Å². The van der Waals surface area contributed by atoms with Gasteiger partial charge in [0.05, 0.1) is 0 Å². The van der Waals surface area contributed by atoms with Crippen LogP contribution in [0.3, 0.4) is 0 Å². The van der Waals surface area contributed by atoms with Crippen LogP contribution >= 0.6 is 0 Å². The van der Waals surface area contributed by atoms with E-state index in [4.69, 9.17) is 0 Å². The van der Waals surface area contributed by atoms with Crippen LogP contribution in [0.5, 0.6) is 0 Å². The van der Waals surface area contributed by atoms with Crippen molar-refractivity contribution in [1.29, 1.82) is 0 Å². The Bertz CT molecular complexity index is 183. The summed E-state index contributed by atoms with van der Waals surface area (Å²) in [5.74, 6) is 0. The van der Waals surface area contributed by atoms with Crippen molar-refractivity contribution in [3.05, 3.63) is 12.7 Å². The maximum Gasteiger partial charge on any atom is 0.00914 e. The van der Waals surface area contributed by atoms with Gasteiger partial charge in [-0.25, -0.2) is 0 Å². The molecule has 1 N–H and O–H groups in total. The fourth-order valence-corrected chi connectivity index (χ4v) is 2.57. The van der Waals surface area contributed by atoms with E-state index < -0.39 is 0 Å². The Morgan fingerprint density at radius 1 is 1.24 bits per heavy atom. The van der Waals surface area contributed by atoms with E-state index in [1.807, 2.05) is 6.08 Å². The Labute approximate surface area is 107 Å². The standard InChI is InChI=1S/C15H30N2/c1-3-5-6-7-8-11-16-15-9-13-17(12-4-2)14-10-15/h3,15-16H,1,4-14H2,2H3. The van der Waals surface area contributed by atoms with Gasteiger partial charge in [0, 0.05) is 6.04 Å². The molecule has 1 aliphatic rings. The SMILES string of the molecule is C=CCCCCCNC1CCN(CCC)CC1. The van der Waals surface area contributed by atoms with Crippen LogP contribution in [0.2, 0.25) is 0 Å². The zero-order valence-electron chi connectivity index (χ0n) is 11.6. The first-order chi connectivity index (χ1) is 8.36. The molecule has 1 aliphatic heterocycles. The van der Waals surface area contributed by atoms with E-state index in [1.54, 1.807) is 0 Å². The van der Waals surface area contributed by atoms with Crippen LogP contribution in [-0.2, 0) is 0 Å². The van der Waals surface area contributed by atoms with Crippen molar-refractivity contribution in [2.24, 2.45) is 0 Å². The highest BCUT2D eigenvalue weighted by atomic mass is 15.1. The molecule has 1 saturated heterocycles. The van der Waals surface area contributed by atoms with Crippen LogP contribution in [0.25, 0.3) is 0 Å². The van der Waals surface area contributed by atoms with Gasteiger partial charge in [-0.05, 0) is 64.7 Å². The molecule has 1 fully saturated rings. The molecule has 100 valence electrons. The topological polar surface area (TPSA) is 15.3 Å². The van der Waals surface area contributed by atoms with Gasteiger partial charge < -0.3 is 10.2 Å². The summed E-state index contributed by atoms with van der Waals surface area (Å²) in [5.41, 5.74) is 0. The van der Waals surface area contributed by atoms with Crippen molar-refractivity contribution in [2.75, 3.05) is 26.2 Å². The summed E-state index contributed by atoms with van der Waals surface area (Å²) in [4.78, 5) is 2.60. The van der Waals surface area contributed by atoms with E-state index in [2.05, 4.69) is 23.7 Å². The van der Waals surface area contributed by atoms with Gasteiger partial charge in [0.25, 0.3) is 0 Å². The predicted molar refractivity (Wildman–Crippen MR) is 76.4 cm³/mol. The molecule has 0 atom stereocenters. The van der Waals surface area contributed by atoms with Gasteiger partial charge in [-0.15, -0.1) is 6.58 Å². The van der Waals surface area contributed by atoms with Crippen LogP contribution in [0, 0.1) is 0 Å². The van der Waals surface area contributed by atoms with E-state index in [-0.39, 0.29) is 0 Å². The third-order valence-electron chi connectivity index (χ3n) is 3.65. The molecule has 0 amide bonds. The van der Waals surface area contributed by atoms with Crippen molar-refractivity contribution in [3.63, 3.8) is 0 Å². The molecule has 0 aromatic heterocycles. The summed E-state index contributed by atoms with van der Waals surface area (Å²) in [6.45, 7) is 11.1. The summed E-state index contributed by atoms with van der Waals surface area (Å²) in [5, 5.41) is 3.71. The molecule has 0 saturated carbocycles. The highest BCUT2D eigenvalue weighted by Gasteiger charge is 2.17. The fraction of sp³-hybridized carbons (Fsp3) is 0.867.